The average molecular weight is 266 g/mol. The van der Waals surface area contributed by atoms with Crippen molar-refractivity contribution >= 4 is 29.9 Å². The molecule has 0 aromatic carbocycles. The van der Waals surface area contributed by atoms with E-state index in [0.29, 0.717) is 0 Å². The molecule has 2 amide bonds. The molecule has 1 atom stereocenters. The molecule has 0 aromatic rings. The number of hydrazine groups is 1. The molecule has 0 aromatic heterocycles. The van der Waals surface area contributed by atoms with Crippen LogP contribution in [0.2, 0.25) is 0 Å². The highest BCUT2D eigenvalue weighted by Crippen LogP contribution is 2.39. The van der Waals surface area contributed by atoms with E-state index in [2.05, 4.69) is 10.6 Å². The van der Waals surface area contributed by atoms with Crippen LogP contribution in [0.4, 0.5) is 0 Å². The number of carbonyl (C=O) groups excluding carboxylic acids is 2. The van der Waals surface area contributed by atoms with E-state index in [4.69, 9.17) is 0 Å². The maximum absolute atomic E-state index is 12.2. The molecule has 3 heterocycles. The highest BCUT2D eigenvalue weighted by atomic mass is 32.2. The van der Waals surface area contributed by atoms with Crippen molar-refractivity contribution in [3.8, 4) is 0 Å². The minimum Gasteiger partial charge on any atom is -0.516 e. The Hall–Kier alpha value is -1.54. The molecule has 7 nitrogen and oxygen atoms in total. The topological polar surface area (TPSA) is 70.3 Å². The summed E-state index contributed by atoms with van der Waals surface area (Å²) < 4.78 is 0. The molecule has 0 spiro atoms. The summed E-state index contributed by atoms with van der Waals surface area (Å²) in [5.74, 6) is 0.371. The van der Waals surface area contributed by atoms with Crippen LogP contribution in [0.15, 0.2) is 16.1 Å². The van der Waals surface area contributed by atoms with Gasteiger partial charge in [0.25, 0.3) is 5.91 Å². The van der Waals surface area contributed by atoms with Gasteiger partial charge in [0.2, 0.25) is 5.91 Å². The van der Waals surface area contributed by atoms with Gasteiger partial charge in [-0.1, -0.05) is 0 Å². The van der Waals surface area contributed by atoms with Crippen molar-refractivity contribution in [2.24, 2.45) is 11.0 Å². The fraction of sp³-hybridized carbons (Fsp3) is 0.500. The van der Waals surface area contributed by atoms with Crippen molar-refractivity contribution in [2.45, 2.75) is 6.42 Å². The predicted octanol–water partition coefficient (Wildman–Crippen LogP) is 0.344. The number of thioether (sulfide) groups is 1. The summed E-state index contributed by atoms with van der Waals surface area (Å²) in [5, 5.41) is 6.81. The Balaban J connectivity index is 1.76. The quantitative estimate of drug-likeness (QED) is 0.674. The Labute approximate surface area is 108 Å². The van der Waals surface area contributed by atoms with Gasteiger partial charge < -0.3 is 15.6 Å². The Kier molecular flexibility index (Phi) is 2.75. The zero-order valence-corrected chi connectivity index (χ0v) is 10.6. The second kappa shape index (κ2) is 4.29. The molecule has 0 N–H and O–H groups in total. The van der Waals surface area contributed by atoms with Gasteiger partial charge in [0.15, 0.2) is 0 Å². The molecule has 3 rings (SSSR count). The lowest BCUT2D eigenvalue weighted by molar-refractivity contribution is -0.149. The van der Waals surface area contributed by atoms with Crippen LogP contribution < -0.4 is 0 Å². The highest BCUT2D eigenvalue weighted by molar-refractivity contribution is 8.03. The summed E-state index contributed by atoms with van der Waals surface area (Å²) >= 11 is 1.60. The van der Waals surface area contributed by atoms with Gasteiger partial charge in [0.05, 0.1) is 18.9 Å². The highest BCUT2D eigenvalue weighted by Gasteiger charge is 2.39. The summed E-state index contributed by atoms with van der Waals surface area (Å²) in [6.07, 6.45) is 3.90. The van der Waals surface area contributed by atoms with Crippen LogP contribution in [0.25, 0.3) is 5.53 Å². The van der Waals surface area contributed by atoms with Crippen molar-refractivity contribution in [3.05, 3.63) is 16.5 Å². The van der Waals surface area contributed by atoms with Crippen molar-refractivity contribution in [1.82, 2.24) is 15.0 Å². The van der Waals surface area contributed by atoms with Crippen molar-refractivity contribution in [3.63, 3.8) is 0 Å². The molecule has 3 aliphatic heterocycles. The summed E-state index contributed by atoms with van der Waals surface area (Å²) in [5.41, 5.74) is 3.82. The minimum atomic E-state index is -0.267. The molecule has 0 saturated carbocycles. The maximum atomic E-state index is 12.2. The summed E-state index contributed by atoms with van der Waals surface area (Å²) in [4.78, 5) is 26.3. The third-order valence-corrected chi connectivity index (χ3v) is 4.30. The molecule has 18 heavy (non-hydrogen) atoms. The van der Waals surface area contributed by atoms with E-state index in [9.17, 15) is 9.59 Å². The summed E-state index contributed by atoms with van der Waals surface area (Å²) in [6, 6.07) is 0. The number of fused-ring (bicyclic) bond motifs is 1. The molecule has 96 valence electrons. The summed E-state index contributed by atoms with van der Waals surface area (Å²) in [6.45, 7) is 0.110. The molecule has 0 bridgehead atoms. The fourth-order valence-corrected chi connectivity index (χ4v) is 3.29. The number of hydrogen-bond donors (Lipinski definition) is 0. The van der Waals surface area contributed by atoms with Gasteiger partial charge in [-0.25, -0.2) is 0 Å². The van der Waals surface area contributed by atoms with Crippen molar-refractivity contribution in [1.29, 1.82) is 0 Å². The second-order valence-corrected chi connectivity index (χ2v) is 5.42. The van der Waals surface area contributed by atoms with E-state index in [1.54, 1.807) is 29.9 Å². The first kappa shape index (κ1) is 11.5. The maximum Gasteiger partial charge on any atom is 0.255 e. The van der Waals surface area contributed by atoms with Gasteiger partial charge in [0.1, 0.15) is 0 Å². The van der Waals surface area contributed by atoms with Crippen LogP contribution in [0.3, 0.4) is 0 Å². The Morgan fingerprint density at radius 3 is 3.11 bits per heavy atom. The van der Waals surface area contributed by atoms with Crippen LogP contribution in [0.5, 0.6) is 0 Å². The largest absolute Gasteiger partial charge is 0.516 e. The van der Waals surface area contributed by atoms with Gasteiger partial charge >= 0.3 is 0 Å². The number of carbonyl (C=O) groups is 2. The first-order chi connectivity index (χ1) is 8.66. The van der Waals surface area contributed by atoms with Crippen LogP contribution in [0.1, 0.15) is 6.42 Å². The third-order valence-electron chi connectivity index (χ3n) is 3.12. The smallest absolute Gasteiger partial charge is 0.255 e. The predicted molar refractivity (Wildman–Crippen MR) is 66.8 cm³/mol. The molecule has 1 unspecified atom stereocenters. The third kappa shape index (κ3) is 1.77. The van der Waals surface area contributed by atoms with Crippen LogP contribution in [-0.2, 0) is 9.59 Å². The SMILES string of the molecule is CN1C=N[N-]N1CN1C(=O)C=C2SCCC2C1=O. The number of rotatable bonds is 2. The standard InChI is InChI=1S/C10H12N5O2S/c1-13-5-11-12-15(13)6-14-9(16)4-8-7(10(14)17)2-3-18-8/h4-5,7H,2-3,6H2,1H3/q-1. The van der Waals surface area contributed by atoms with Crippen molar-refractivity contribution in [2.75, 3.05) is 19.5 Å². The normalized spacial score (nSPS) is 27.6. The number of imide groups is 1. The van der Waals surface area contributed by atoms with Gasteiger partial charge in [-0.15, -0.1) is 11.8 Å². The molecule has 3 aliphatic rings. The lowest BCUT2D eigenvalue weighted by Crippen LogP contribution is -2.49. The monoisotopic (exact) mass is 266 g/mol. The Bertz CT molecular complexity index is 463. The second-order valence-electron chi connectivity index (χ2n) is 4.25. The molecular weight excluding hydrogens is 254 g/mol. The van der Waals surface area contributed by atoms with E-state index in [-0.39, 0.29) is 24.4 Å². The zero-order valence-electron chi connectivity index (χ0n) is 9.81. The van der Waals surface area contributed by atoms with E-state index < -0.39 is 0 Å². The van der Waals surface area contributed by atoms with E-state index in [0.717, 1.165) is 17.1 Å². The lowest BCUT2D eigenvalue weighted by Gasteiger charge is -2.38. The van der Waals surface area contributed by atoms with Crippen LogP contribution in [0, 0.1) is 5.92 Å². The van der Waals surface area contributed by atoms with E-state index in [1.807, 2.05) is 0 Å². The molecule has 8 heteroatoms. The fourth-order valence-electron chi connectivity index (χ4n) is 2.10. The molecule has 1 fully saturated rings. The van der Waals surface area contributed by atoms with E-state index in [1.165, 1.54) is 16.4 Å². The molecule has 0 aliphatic carbocycles. The first-order valence-electron chi connectivity index (χ1n) is 5.61. The molecular formula is C10H12N5O2S-. The summed E-state index contributed by atoms with van der Waals surface area (Å²) in [7, 11) is 1.76. The van der Waals surface area contributed by atoms with Gasteiger partial charge in [-0.2, -0.15) is 0 Å². The number of nitrogens with zero attached hydrogens (tertiary/aromatic N) is 5. The van der Waals surface area contributed by atoms with Crippen LogP contribution >= 0.6 is 11.8 Å². The molecule has 0 radical (unpaired) electrons. The van der Waals surface area contributed by atoms with Gasteiger partial charge in [-0.05, 0) is 12.2 Å². The van der Waals surface area contributed by atoms with E-state index >= 15 is 0 Å². The molecule has 1 saturated heterocycles. The zero-order chi connectivity index (χ0) is 12.7. The van der Waals surface area contributed by atoms with Crippen molar-refractivity contribution < 1.29 is 9.59 Å². The van der Waals surface area contributed by atoms with Gasteiger partial charge in [-0.3, -0.25) is 19.6 Å². The Morgan fingerprint density at radius 2 is 2.39 bits per heavy atom. The van der Waals surface area contributed by atoms with Crippen LogP contribution in [-0.4, -0.2) is 52.6 Å². The average Bonchev–Trinajstić information content (AvgIpc) is 2.94. The Morgan fingerprint density at radius 1 is 1.56 bits per heavy atom. The minimum absolute atomic E-state index is 0.110. The lowest BCUT2D eigenvalue weighted by atomic mass is 10.0. The van der Waals surface area contributed by atoms with Gasteiger partial charge in [0, 0.05) is 18.0 Å². The number of hydrogen-bond acceptors (Lipinski definition) is 6. The first-order valence-corrected chi connectivity index (χ1v) is 6.59. The number of amides is 2.